The van der Waals surface area contributed by atoms with Gasteiger partial charge in [0, 0.05) is 0 Å². The van der Waals surface area contributed by atoms with Gasteiger partial charge in [-0.25, -0.2) is 0 Å². The molecule has 0 fully saturated rings. The zero-order chi connectivity index (χ0) is 13.1. The SMILES string of the molecule is [C-]#[N+]c1nc2nc(C#N)c(C#N)nc2nc1[N+]#[C-]. The van der Waals surface area contributed by atoms with Crippen molar-refractivity contribution in [3.05, 3.63) is 34.2 Å². The summed E-state index contributed by atoms with van der Waals surface area (Å²) in [7, 11) is 0. The van der Waals surface area contributed by atoms with Gasteiger partial charge in [0.05, 0.1) is 0 Å². The number of aromatic nitrogens is 4. The molecule has 2 rings (SSSR count). The molecule has 2 heterocycles. The molecule has 0 radical (unpaired) electrons. The predicted octanol–water partition coefficient (Wildman–Crippen LogP) is 1.26. The summed E-state index contributed by atoms with van der Waals surface area (Å²) in [5, 5.41) is 17.6. The molecule has 8 heteroatoms. The van der Waals surface area contributed by atoms with Crippen LogP contribution in [-0.2, 0) is 0 Å². The summed E-state index contributed by atoms with van der Waals surface area (Å²) in [5.74, 6) is -0.416. The van der Waals surface area contributed by atoms with E-state index in [-0.39, 0.29) is 34.3 Å². The lowest BCUT2D eigenvalue weighted by Crippen LogP contribution is -1.99. The van der Waals surface area contributed by atoms with Gasteiger partial charge >= 0.3 is 11.3 Å². The Bertz CT molecular complexity index is 687. The first-order chi connectivity index (χ1) is 8.73. The van der Waals surface area contributed by atoms with Crippen molar-refractivity contribution >= 4 is 22.9 Å². The number of fused-ring (bicyclic) bond motifs is 1. The van der Waals surface area contributed by atoms with Gasteiger partial charge in [-0.15, -0.1) is 9.97 Å². The fourth-order valence-electron chi connectivity index (χ4n) is 1.17. The first kappa shape index (κ1) is 10.9. The standard InChI is InChI=1S/C10N8/c1-13-7-8(14-2)18-10-9(17-7)15-5(3-11)6(4-12)16-10. The van der Waals surface area contributed by atoms with E-state index >= 15 is 0 Å². The van der Waals surface area contributed by atoms with Crippen molar-refractivity contribution in [2.45, 2.75) is 0 Å². The number of nitriles is 2. The van der Waals surface area contributed by atoms with Crippen molar-refractivity contribution in [3.8, 4) is 12.1 Å². The molecule has 0 aliphatic rings. The van der Waals surface area contributed by atoms with Crippen LogP contribution in [0.15, 0.2) is 0 Å². The minimum Gasteiger partial charge on any atom is -0.370 e. The third kappa shape index (κ3) is 1.53. The zero-order valence-corrected chi connectivity index (χ0v) is 8.58. The molecule has 0 aliphatic carbocycles. The van der Waals surface area contributed by atoms with Crippen LogP contribution in [0.3, 0.4) is 0 Å². The van der Waals surface area contributed by atoms with Gasteiger partial charge in [-0.05, 0) is 0 Å². The largest absolute Gasteiger partial charge is 0.370 e. The topological polar surface area (TPSA) is 108 Å². The van der Waals surface area contributed by atoms with Gasteiger partial charge in [0.2, 0.25) is 0 Å². The van der Waals surface area contributed by atoms with E-state index in [0.29, 0.717) is 0 Å². The van der Waals surface area contributed by atoms with Crippen LogP contribution >= 0.6 is 0 Å². The Hall–Kier alpha value is -3.62. The van der Waals surface area contributed by atoms with E-state index in [0.717, 1.165) is 0 Å². The van der Waals surface area contributed by atoms with Crippen LogP contribution in [0.2, 0.25) is 0 Å². The van der Waals surface area contributed by atoms with Gasteiger partial charge in [0.25, 0.3) is 11.6 Å². The highest BCUT2D eigenvalue weighted by Gasteiger charge is 2.18. The lowest BCUT2D eigenvalue weighted by molar-refractivity contribution is 1.13. The van der Waals surface area contributed by atoms with Crippen LogP contribution < -0.4 is 0 Å². The summed E-state index contributed by atoms with van der Waals surface area (Å²) < 4.78 is 0. The molecule has 0 bridgehead atoms. The first-order valence-corrected chi connectivity index (χ1v) is 4.38. The van der Waals surface area contributed by atoms with E-state index in [2.05, 4.69) is 29.6 Å². The molecular formula is C10N8. The van der Waals surface area contributed by atoms with Gasteiger partial charge in [-0.3, -0.25) is 0 Å². The van der Waals surface area contributed by atoms with Crippen molar-refractivity contribution in [3.63, 3.8) is 0 Å². The summed E-state index contributed by atoms with van der Waals surface area (Å²) >= 11 is 0. The second-order valence-electron chi connectivity index (χ2n) is 2.89. The van der Waals surface area contributed by atoms with E-state index in [1.54, 1.807) is 12.1 Å². The maximum absolute atomic E-state index is 8.78. The fourth-order valence-corrected chi connectivity index (χ4v) is 1.17. The maximum Gasteiger partial charge on any atom is 0.316 e. The minimum atomic E-state index is -0.208. The van der Waals surface area contributed by atoms with E-state index in [9.17, 15) is 0 Å². The van der Waals surface area contributed by atoms with Crippen molar-refractivity contribution in [2.75, 3.05) is 0 Å². The van der Waals surface area contributed by atoms with Crippen LogP contribution in [-0.4, -0.2) is 19.9 Å². The lowest BCUT2D eigenvalue weighted by atomic mass is 10.3. The highest BCUT2D eigenvalue weighted by Crippen LogP contribution is 2.25. The molecule has 0 atom stereocenters. The fraction of sp³-hybridized carbons (Fsp3) is 0. The summed E-state index contributed by atoms with van der Waals surface area (Å²) in [6.45, 7) is 13.7. The Morgan fingerprint density at radius 2 is 1.17 bits per heavy atom. The Balaban J connectivity index is 2.90. The van der Waals surface area contributed by atoms with Crippen molar-refractivity contribution in [2.24, 2.45) is 0 Å². The molecule has 8 nitrogen and oxygen atoms in total. The zero-order valence-electron chi connectivity index (χ0n) is 8.58. The van der Waals surface area contributed by atoms with Gasteiger partial charge in [0.15, 0.2) is 11.4 Å². The molecule has 2 aromatic heterocycles. The number of hydrogen-bond donors (Lipinski definition) is 0. The van der Waals surface area contributed by atoms with Gasteiger partial charge in [-0.2, -0.15) is 20.5 Å². The molecule has 80 valence electrons. The third-order valence-corrected chi connectivity index (χ3v) is 1.91. The van der Waals surface area contributed by atoms with E-state index < -0.39 is 0 Å². The summed E-state index contributed by atoms with van der Waals surface area (Å²) in [5.41, 5.74) is -0.454. The molecule has 2 aromatic rings. The highest BCUT2D eigenvalue weighted by atomic mass is 15.1. The smallest absolute Gasteiger partial charge is 0.316 e. The van der Waals surface area contributed by atoms with Gasteiger partial charge in [0.1, 0.15) is 12.1 Å². The van der Waals surface area contributed by atoms with Crippen molar-refractivity contribution in [1.82, 2.24) is 19.9 Å². The lowest BCUT2D eigenvalue weighted by Gasteiger charge is -1.95. The van der Waals surface area contributed by atoms with Crippen molar-refractivity contribution in [1.29, 1.82) is 10.5 Å². The monoisotopic (exact) mass is 232 g/mol. The molecule has 0 saturated heterocycles. The van der Waals surface area contributed by atoms with E-state index in [1.807, 2.05) is 0 Å². The Labute approximate surface area is 100 Å². The summed E-state index contributed by atoms with van der Waals surface area (Å²) in [6.07, 6.45) is 0. The van der Waals surface area contributed by atoms with Crippen LogP contribution in [0.5, 0.6) is 0 Å². The minimum absolute atomic E-state index is 0.0380. The van der Waals surface area contributed by atoms with Crippen LogP contribution in [0.1, 0.15) is 11.4 Å². The van der Waals surface area contributed by atoms with E-state index in [1.165, 1.54) is 0 Å². The predicted molar refractivity (Wildman–Crippen MR) is 57.1 cm³/mol. The Morgan fingerprint density at radius 1 is 0.778 bits per heavy atom. The van der Waals surface area contributed by atoms with Crippen LogP contribution in [0, 0.1) is 35.8 Å². The molecule has 0 unspecified atom stereocenters. The molecule has 0 amide bonds. The Kier molecular flexibility index (Phi) is 2.48. The van der Waals surface area contributed by atoms with Crippen molar-refractivity contribution < 1.29 is 0 Å². The number of nitrogens with zero attached hydrogens (tertiary/aromatic N) is 8. The molecular weight excluding hydrogens is 232 g/mol. The quantitative estimate of drug-likeness (QED) is 0.632. The highest BCUT2D eigenvalue weighted by molar-refractivity contribution is 5.75. The van der Waals surface area contributed by atoms with Gasteiger partial charge in [-0.1, -0.05) is 13.1 Å². The molecule has 0 aromatic carbocycles. The first-order valence-electron chi connectivity index (χ1n) is 4.38. The normalized spacial score (nSPS) is 8.89. The van der Waals surface area contributed by atoms with Gasteiger partial charge < -0.3 is 9.69 Å². The summed E-state index contributed by atoms with van der Waals surface area (Å²) in [4.78, 5) is 21.2. The third-order valence-electron chi connectivity index (χ3n) is 1.91. The Morgan fingerprint density at radius 3 is 1.44 bits per heavy atom. The molecule has 0 spiro atoms. The molecule has 0 saturated carbocycles. The average Bonchev–Trinajstić information content (AvgIpc) is 2.43. The summed E-state index contributed by atoms with van der Waals surface area (Å²) in [6, 6.07) is 3.41. The molecule has 0 N–H and O–H groups in total. The maximum atomic E-state index is 8.78. The van der Waals surface area contributed by atoms with Crippen LogP contribution in [0.25, 0.3) is 21.0 Å². The molecule has 0 aliphatic heterocycles. The average molecular weight is 232 g/mol. The number of hydrogen-bond acceptors (Lipinski definition) is 6. The number of rotatable bonds is 0. The van der Waals surface area contributed by atoms with Crippen LogP contribution in [0.4, 0.5) is 11.6 Å². The second kappa shape index (κ2) is 4.09. The second-order valence-corrected chi connectivity index (χ2v) is 2.89. The molecule has 18 heavy (non-hydrogen) atoms. The van der Waals surface area contributed by atoms with E-state index in [4.69, 9.17) is 23.7 Å².